The normalized spacial score (nSPS) is 11.0. The summed E-state index contributed by atoms with van der Waals surface area (Å²) in [6.45, 7) is 3.66. The first-order valence-electron chi connectivity index (χ1n) is 13.7. The molecule has 41 heavy (non-hydrogen) atoms. The van der Waals surface area contributed by atoms with E-state index in [4.69, 9.17) is 14.2 Å². The first kappa shape index (κ1) is 27.5. The van der Waals surface area contributed by atoms with Crippen LogP contribution < -0.4 is 9.47 Å². The highest BCUT2D eigenvalue weighted by molar-refractivity contribution is 5.89. The Hall–Kier alpha value is -5.03. The summed E-state index contributed by atoms with van der Waals surface area (Å²) in [5.41, 5.74) is 6.27. The van der Waals surface area contributed by atoms with Crippen LogP contribution in [0.4, 0.5) is 0 Å². The second kappa shape index (κ2) is 13.9. The molecule has 0 saturated carbocycles. The lowest BCUT2D eigenvalue weighted by atomic mass is 10.0. The lowest BCUT2D eigenvalue weighted by molar-refractivity contribution is -0.137. The van der Waals surface area contributed by atoms with Crippen molar-refractivity contribution in [2.24, 2.45) is 0 Å². The fraction of sp³-hybridized carbons (Fsp3) is 0.139. The number of benzene rings is 4. The van der Waals surface area contributed by atoms with E-state index in [1.165, 1.54) is 6.08 Å². The van der Waals surface area contributed by atoms with Crippen LogP contribution in [-0.2, 0) is 29.3 Å². The van der Waals surface area contributed by atoms with Gasteiger partial charge >= 0.3 is 5.97 Å². The summed E-state index contributed by atoms with van der Waals surface area (Å²) in [6, 6.07) is 36.4. The Balaban J connectivity index is 1.42. The molecule has 5 heteroatoms. The summed E-state index contributed by atoms with van der Waals surface area (Å²) >= 11 is 0. The fourth-order valence-electron chi connectivity index (χ4n) is 4.54. The van der Waals surface area contributed by atoms with Crippen LogP contribution in [0.15, 0.2) is 128 Å². The SMILES string of the molecule is CCOC(=O)C=Cc1cn(Cc2cc(OCc3ccccc3)cc(OCc3ccccc3)c2)cc1-c1ccccc1. The number of nitrogens with zero attached hydrogens (tertiary/aromatic N) is 1. The molecule has 0 bridgehead atoms. The van der Waals surface area contributed by atoms with Gasteiger partial charge in [-0.25, -0.2) is 4.79 Å². The van der Waals surface area contributed by atoms with Crippen molar-refractivity contribution >= 4 is 12.0 Å². The van der Waals surface area contributed by atoms with Crippen LogP contribution in [0.1, 0.15) is 29.2 Å². The van der Waals surface area contributed by atoms with Gasteiger partial charge in [-0.2, -0.15) is 0 Å². The van der Waals surface area contributed by atoms with E-state index >= 15 is 0 Å². The molecule has 1 aromatic heterocycles. The standard InChI is InChI=1S/C36H33NO4/c1-2-39-36(38)19-18-32-24-37(25-35(32)31-16-10-5-11-17-31)23-30-20-33(40-26-28-12-6-3-7-13-28)22-34(21-30)41-27-29-14-8-4-9-15-29/h3-22,24-25H,2,23,26-27H2,1H3. The fourth-order valence-corrected chi connectivity index (χ4v) is 4.54. The molecule has 0 aliphatic carbocycles. The van der Waals surface area contributed by atoms with Gasteiger partial charge in [-0.3, -0.25) is 0 Å². The minimum absolute atomic E-state index is 0.340. The van der Waals surface area contributed by atoms with E-state index < -0.39 is 0 Å². The molecule has 5 nitrogen and oxygen atoms in total. The van der Waals surface area contributed by atoms with E-state index in [2.05, 4.69) is 35.0 Å². The second-order valence-electron chi connectivity index (χ2n) is 9.61. The highest BCUT2D eigenvalue weighted by Crippen LogP contribution is 2.29. The van der Waals surface area contributed by atoms with E-state index in [0.717, 1.165) is 44.9 Å². The monoisotopic (exact) mass is 543 g/mol. The maximum absolute atomic E-state index is 12.0. The number of hydrogen-bond acceptors (Lipinski definition) is 4. The van der Waals surface area contributed by atoms with Gasteiger partial charge in [0.25, 0.3) is 0 Å². The number of carbonyl (C=O) groups excluding carboxylic acids is 1. The number of ether oxygens (including phenoxy) is 3. The highest BCUT2D eigenvalue weighted by Gasteiger charge is 2.11. The minimum Gasteiger partial charge on any atom is -0.489 e. The first-order valence-corrected chi connectivity index (χ1v) is 13.7. The average Bonchev–Trinajstić information content (AvgIpc) is 3.42. The molecule has 5 rings (SSSR count). The molecule has 0 aliphatic rings. The van der Waals surface area contributed by atoms with Crippen LogP contribution >= 0.6 is 0 Å². The van der Waals surface area contributed by atoms with Crippen molar-refractivity contribution in [3.63, 3.8) is 0 Å². The molecule has 0 atom stereocenters. The molecule has 1 heterocycles. The number of aromatic nitrogens is 1. The molecular formula is C36H33NO4. The number of hydrogen-bond donors (Lipinski definition) is 0. The molecule has 4 aromatic carbocycles. The lowest BCUT2D eigenvalue weighted by Crippen LogP contribution is -2.02. The van der Waals surface area contributed by atoms with Crippen LogP contribution in [0.3, 0.4) is 0 Å². The molecular weight excluding hydrogens is 510 g/mol. The van der Waals surface area contributed by atoms with Gasteiger partial charge in [0.2, 0.25) is 0 Å². The molecule has 0 N–H and O–H groups in total. The molecule has 0 amide bonds. The Morgan fingerprint density at radius 1 is 0.707 bits per heavy atom. The third-order valence-electron chi connectivity index (χ3n) is 6.48. The second-order valence-corrected chi connectivity index (χ2v) is 9.61. The summed E-state index contributed by atoms with van der Waals surface area (Å²) in [7, 11) is 0. The first-order chi connectivity index (χ1) is 20.2. The predicted octanol–water partition coefficient (Wildman–Crippen LogP) is 7.94. The third-order valence-corrected chi connectivity index (χ3v) is 6.48. The van der Waals surface area contributed by atoms with Crippen molar-refractivity contribution in [3.05, 3.63) is 150 Å². The zero-order valence-corrected chi connectivity index (χ0v) is 23.1. The van der Waals surface area contributed by atoms with Crippen LogP contribution in [0.25, 0.3) is 17.2 Å². The summed E-state index contributed by atoms with van der Waals surface area (Å²) < 4.78 is 19.6. The van der Waals surface area contributed by atoms with E-state index in [9.17, 15) is 4.79 Å². The topological polar surface area (TPSA) is 49.7 Å². The van der Waals surface area contributed by atoms with Gasteiger partial charge < -0.3 is 18.8 Å². The molecule has 206 valence electrons. The Labute approximate surface area is 241 Å². The van der Waals surface area contributed by atoms with Crippen molar-refractivity contribution in [2.75, 3.05) is 6.61 Å². The largest absolute Gasteiger partial charge is 0.489 e. The molecule has 0 radical (unpaired) electrons. The van der Waals surface area contributed by atoms with Gasteiger partial charge in [-0.15, -0.1) is 0 Å². The number of rotatable bonds is 12. The third kappa shape index (κ3) is 7.99. The summed E-state index contributed by atoms with van der Waals surface area (Å²) in [6.07, 6.45) is 7.43. The van der Waals surface area contributed by atoms with E-state index in [-0.39, 0.29) is 5.97 Å². The smallest absolute Gasteiger partial charge is 0.330 e. The molecule has 0 fully saturated rings. The lowest BCUT2D eigenvalue weighted by Gasteiger charge is -2.13. The van der Waals surface area contributed by atoms with Gasteiger partial charge in [-0.1, -0.05) is 91.0 Å². The van der Waals surface area contributed by atoms with Gasteiger partial charge in [0.05, 0.1) is 6.61 Å². The number of esters is 1. The van der Waals surface area contributed by atoms with Crippen LogP contribution in [0, 0.1) is 0 Å². The number of carbonyl (C=O) groups is 1. The van der Waals surface area contributed by atoms with Crippen LogP contribution in [0.2, 0.25) is 0 Å². The van der Waals surface area contributed by atoms with Gasteiger partial charge in [0.15, 0.2) is 0 Å². The minimum atomic E-state index is -0.359. The van der Waals surface area contributed by atoms with Gasteiger partial charge in [0, 0.05) is 42.2 Å². The van der Waals surface area contributed by atoms with Crippen molar-refractivity contribution in [1.29, 1.82) is 0 Å². The Morgan fingerprint density at radius 2 is 1.27 bits per heavy atom. The quantitative estimate of drug-likeness (QED) is 0.118. The van der Waals surface area contributed by atoms with Crippen molar-refractivity contribution < 1.29 is 19.0 Å². The Morgan fingerprint density at radius 3 is 1.83 bits per heavy atom. The Bertz CT molecular complexity index is 1510. The summed E-state index contributed by atoms with van der Waals surface area (Å²) in [5.74, 6) is 1.13. The molecule has 0 aliphatic heterocycles. The maximum atomic E-state index is 12.0. The van der Waals surface area contributed by atoms with Crippen molar-refractivity contribution in [2.45, 2.75) is 26.7 Å². The highest BCUT2D eigenvalue weighted by atomic mass is 16.5. The average molecular weight is 544 g/mol. The zero-order valence-electron chi connectivity index (χ0n) is 23.1. The molecule has 0 unspecified atom stereocenters. The van der Waals surface area contributed by atoms with E-state index in [1.807, 2.05) is 97.2 Å². The van der Waals surface area contributed by atoms with Crippen molar-refractivity contribution in [3.8, 4) is 22.6 Å². The molecule has 0 spiro atoms. The predicted molar refractivity (Wildman–Crippen MR) is 163 cm³/mol. The maximum Gasteiger partial charge on any atom is 0.330 e. The molecule has 0 saturated heterocycles. The van der Waals surface area contributed by atoms with E-state index in [0.29, 0.717) is 26.4 Å². The van der Waals surface area contributed by atoms with Gasteiger partial charge in [0.1, 0.15) is 24.7 Å². The summed E-state index contributed by atoms with van der Waals surface area (Å²) in [5, 5.41) is 0. The summed E-state index contributed by atoms with van der Waals surface area (Å²) in [4.78, 5) is 12.0. The van der Waals surface area contributed by atoms with Gasteiger partial charge in [-0.05, 0) is 47.4 Å². The molecule has 5 aromatic rings. The Kier molecular flexibility index (Phi) is 9.30. The van der Waals surface area contributed by atoms with Crippen molar-refractivity contribution in [1.82, 2.24) is 4.57 Å². The van der Waals surface area contributed by atoms with Crippen LogP contribution in [0.5, 0.6) is 11.5 Å². The zero-order chi connectivity index (χ0) is 28.3. The van der Waals surface area contributed by atoms with Crippen LogP contribution in [-0.4, -0.2) is 17.1 Å². The van der Waals surface area contributed by atoms with E-state index in [1.54, 1.807) is 6.92 Å².